The van der Waals surface area contributed by atoms with Gasteiger partial charge in [0.05, 0.1) is 6.61 Å². The van der Waals surface area contributed by atoms with Crippen LogP contribution >= 0.6 is 11.6 Å². The number of ether oxygens (including phenoxy) is 1. The van der Waals surface area contributed by atoms with Gasteiger partial charge < -0.3 is 4.74 Å². The normalized spacial score (nSPS) is 12.5. The Bertz CT molecular complexity index is 246. The van der Waals surface area contributed by atoms with Crippen molar-refractivity contribution in [1.82, 2.24) is 0 Å². The van der Waals surface area contributed by atoms with Crippen molar-refractivity contribution in [2.24, 2.45) is 5.92 Å². The first-order valence-corrected chi connectivity index (χ1v) is 4.71. The second-order valence-electron chi connectivity index (χ2n) is 3.04. The van der Waals surface area contributed by atoms with Gasteiger partial charge in [-0.05, 0) is 24.3 Å². The molecule has 71 valence electrons. The minimum atomic E-state index is -0.00209. The molecule has 0 bridgehead atoms. The van der Waals surface area contributed by atoms with E-state index in [0.29, 0.717) is 18.4 Å². The minimum Gasteiger partial charge on any atom is -0.493 e. The first kappa shape index (κ1) is 10.2. The highest BCUT2D eigenvalue weighted by molar-refractivity contribution is 6.18. The molecule has 0 fully saturated rings. The number of hydrogen-bond donors (Lipinski definition) is 0. The molecule has 0 spiro atoms. The number of alkyl halides is 1. The summed E-state index contributed by atoms with van der Waals surface area (Å²) < 4.78 is 5.39. The minimum absolute atomic E-state index is 0.00209. The SMILES string of the molecule is CC(CCl)COc1ccc([O])cc1. The van der Waals surface area contributed by atoms with E-state index in [4.69, 9.17) is 16.3 Å². The molecule has 0 heterocycles. The molecule has 0 saturated carbocycles. The van der Waals surface area contributed by atoms with Crippen molar-refractivity contribution in [3.05, 3.63) is 24.3 Å². The van der Waals surface area contributed by atoms with Crippen molar-refractivity contribution in [3.8, 4) is 11.5 Å². The lowest BCUT2D eigenvalue weighted by molar-refractivity contribution is 0.272. The van der Waals surface area contributed by atoms with Gasteiger partial charge in [0, 0.05) is 11.8 Å². The van der Waals surface area contributed by atoms with E-state index in [1.165, 1.54) is 12.1 Å². The van der Waals surface area contributed by atoms with Crippen molar-refractivity contribution in [2.45, 2.75) is 6.92 Å². The molecular formula is C10H12ClO2. The summed E-state index contributed by atoms with van der Waals surface area (Å²) in [5.41, 5.74) is 0. The molecule has 0 aliphatic carbocycles. The van der Waals surface area contributed by atoms with Crippen LogP contribution in [-0.2, 0) is 5.11 Å². The van der Waals surface area contributed by atoms with Crippen LogP contribution in [0.5, 0.6) is 11.5 Å². The summed E-state index contributed by atoms with van der Waals surface area (Å²) in [7, 11) is 0. The molecule has 3 heteroatoms. The predicted octanol–water partition coefficient (Wildman–Crippen LogP) is 3.08. The quantitative estimate of drug-likeness (QED) is 0.686. The van der Waals surface area contributed by atoms with Gasteiger partial charge in [0.1, 0.15) is 5.75 Å². The molecular weight excluding hydrogens is 188 g/mol. The topological polar surface area (TPSA) is 29.1 Å². The third-order valence-electron chi connectivity index (χ3n) is 1.62. The van der Waals surface area contributed by atoms with Gasteiger partial charge in [-0.15, -0.1) is 11.6 Å². The molecule has 0 saturated heterocycles. The van der Waals surface area contributed by atoms with Crippen LogP contribution in [0.25, 0.3) is 0 Å². The van der Waals surface area contributed by atoms with E-state index < -0.39 is 0 Å². The summed E-state index contributed by atoms with van der Waals surface area (Å²) in [6, 6.07) is 6.31. The lowest BCUT2D eigenvalue weighted by Crippen LogP contribution is -2.09. The third-order valence-corrected chi connectivity index (χ3v) is 2.15. The maximum absolute atomic E-state index is 10.7. The standard InChI is InChI=1S/C10H12ClO2/c1-8(6-11)7-13-10-4-2-9(12)3-5-10/h2-5,8H,6-7H2,1H3. The van der Waals surface area contributed by atoms with E-state index in [0.717, 1.165) is 5.75 Å². The summed E-state index contributed by atoms with van der Waals surface area (Å²) in [6.45, 7) is 2.59. The second-order valence-corrected chi connectivity index (χ2v) is 3.35. The second kappa shape index (κ2) is 4.97. The molecule has 1 rings (SSSR count). The van der Waals surface area contributed by atoms with Gasteiger partial charge in [-0.1, -0.05) is 6.92 Å². The summed E-state index contributed by atoms with van der Waals surface area (Å²) in [5, 5.41) is 10.7. The zero-order chi connectivity index (χ0) is 9.68. The monoisotopic (exact) mass is 199 g/mol. The Kier molecular flexibility index (Phi) is 3.90. The Hall–Kier alpha value is -0.890. The van der Waals surface area contributed by atoms with Crippen molar-refractivity contribution in [3.63, 3.8) is 0 Å². The van der Waals surface area contributed by atoms with Gasteiger partial charge in [-0.25, -0.2) is 0 Å². The predicted molar refractivity (Wildman–Crippen MR) is 52.0 cm³/mol. The number of rotatable bonds is 4. The van der Waals surface area contributed by atoms with Crippen LogP contribution in [-0.4, -0.2) is 12.5 Å². The van der Waals surface area contributed by atoms with E-state index in [9.17, 15) is 5.11 Å². The van der Waals surface area contributed by atoms with Crippen molar-refractivity contribution >= 4 is 11.6 Å². The Labute approximate surface area is 83.1 Å². The fourth-order valence-corrected chi connectivity index (χ4v) is 0.908. The first-order chi connectivity index (χ1) is 6.22. The fraction of sp³-hybridized carbons (Fsp3) is 0.400. The van der Waals surface area contributed by atoms with Gasteiger partial charge in [0.25, 0.3) is 0 Å². The van der Waals surface area contributed by atoms with E-state index in [1.54, 1.807) is 12.1 Å². The van der Waals surface area contributed by atoms with Gasteiger partial charge in [0.2, 0.25) is 0 Å². The van der Waals surface area contributed by atoms with Gasteiger partial charge in [-0.3, -0.25) is 5.11 Å². The Morgan fingerprint density at radius 1 is 1.38 bits per heavy atom. The molecule has 0 aliphatic heterocycles. The molecule has 13 heavy (non-hydrogen) atoms. The molecule has 0 aromatic heterocycles. The van der Waals surface area contributed by atoms with E-state index in [2.05, 4.69) is 0 Å². The molecule has 1 unspecified atom stereocenters. The first-order valence-electron chi connectivity index (χ1n) is 4.18. The van der Waals surface area contributed by atoms with Gasteiger partial charge >= 0.3 is 0 Å². The lowest BCUT2D eigenvalue weighted by atomic mass is 10.2. The highest BCUT2D eigenvalue weighted by Crippen LogP contribution is 2.17. The fourth-order valence-electron chi connectivity index (χ4n) is 0.819. The zero-order valence-electron chi connectivity index (χ0n) is 7.50. The Morgan fingerprint density at radius 2 is 2.00 bits per heavy atom. The summed E-state index contributed by atoms with van der Waals surface area (Å²) in [4.78, 5) is 0. The van der Waals surface area contributed by atoms with Crippen molar-refractivity contribution < 1.29 is 9.84 Å². The summed E-state index contributed by atoms with van der Waals surface area (Å²) in [5.74, 6) is 1.63. The lowest BCUT2D eigenvalue weighted by Gasteiger charge is -2.09. The summed E-state index contributed by atoms with van der Waals surface area (Å²) in [6.07, 6.45) is 0. The molecule has 1 atom stereocenters. The van der Waals surface area contributed by atoms with Gasteiger partial charge in [-0.2, -0.15) is 0 Å². The maximum Gasteiger partial charge on any atom is 0.178 e. The average molecular weight is 200 g/mol. The van der Waals surface area contributed by atoms with E-state index >= 15 is 0 Å². The largest absolute Gasteiger partial charge is 0.493 e. The average Bonchev–Trinajstić information content (AvgIpc) is 2.16. The molecule has 0 aliphatic rings. The number of hydrogen-bond acceptors (Lipinski definition) is 1. The van der Waals surface area contributed by atoms with E-state index in [1.807, 2.05) is 6.92 Å². The van der Waals surface area contributed by atoms with Crippen molar-refractivity contribution in [2.75, 3.05) is 12.5 Å². The van der Waals surface area contributed by atoms with Crippen LogP contribution in [0.4, 0.5) is 0 Å². The number of halogens is 1. The van der Waals surface area contributed by atoms with Crippen LogP contribution in [0.15, 0.2) is 24.3 Å². The van der Waals surface area contributed by atoms with Crippen LogP contribution < -0.4 is 4.74 Å². The molecule has 0 amide bonds. The van der Waals surface area contributed by atoms with Crippen LogP contribution in [0.2, 0.25) is 0 Å². The van der Waals surface area contributed by atoms with E-state index in [-0.39, 0.29) is 5.75 Å². The highest BCUT2D eigenvalue weighted by atomic mass is 35.5. The van der Waals surface area contributed by atoms with Crippen molar-refractivity contribution in [1.29, 1.82) is 0 Å². The summed E-state index contributed by atoms with van der Waals surface area (Å²) >= 11 is 5.61. The smallest absolute Gasteiger partial charge is 0.178 e. The Morgan fingerprint density at radius 3 is 2.54 bits per heavy atom. The van der Waals surface area contributed by atoms with Crippen LogP contribution in [0, 0.1) is 5.92 Å². The zero-order valence-corrected chi connectivity index (χ0v) is 8.25. The molecule has 1 aromatic carbocycles. The van der Waals surface area contributed by atoms with Gasteiger partial charge in [0.15, 0.2) is 5.75 Å². The molecule has 1 radical (unpaired) electrons. The van der Waals surface area contributed by atoms with Crippen LogP contribution in [0.1, 0.15) is 6.92 Å². The molecule has 2 nitrogen and oxygen atoms in total. The maximum atomic E-state index is 10.7. The highest BCUT2D eigenvalue weighted by Gasteiger charge is 2.01. The Balaban J connectivity index is 2.41. The number of benzene rings is 1. The van der Waals surface area contributed by atoms with Crippen LogP contribution in [0.3, 0.4) is 0 Å². The molecule has 0 N–H and O–H groups in total. The molecule has 1 aromatic rings. The third kappa shape index (κ3) is 3.55.